The van der Waals surface area contributed by atoms with Crippen LogP contribution >= 0.6 is 0 Å². The minimum atomic E-state index is -0.363. The molecule has 1 unspecified atom stereocenters. The third-order valence-corrected chi connectivity index (χ3v) is 4.44. The second-order valence-electron chi connectivity index (χ2n) is 5.62. The molecular formula is C16H23NO4. The summed E-state index contributed by atoms with van der Waals surface area (Å²) in [4.78, 5) is 0. The summed E-state index contributed by atoms with van der Waals surface area (Å²) in [5.41, 5.74) is 7.16. The van der Waals surface area contributed by atoms with Crippen LogP contribution in [0.15, 0.2) is 18.2 Å². The van der Waals surface area contributed by atoms with Gasteiger partial charge in [0.05, 0.1) is 24.9 Å². The summed E-state index contributed by atoms with van der Waals surface area (Å²) in [6.07, 6.45) is 2.51. The van der Waals surface area contributed by atoms with Crippen LogP contribution in [-0.4, -0.2) is 39.1 Å². The summed E-state index contributed by atoms with van der Waals surface area (Å²) in [6.45, 7) is 2.74. The van der Waals surface area contributed by atoms with Crippen LogP contribution in [0.4, 0.5) is 0 Å². The molecule has 0 aromatic heterocycles. The fourth-order valence-electron chi connectivity index (χ4n) is 3.04. The lowest BCUT2D eigenvalue weighted by molar-refractivity contribution is -0.105. The van der Waals surface area contributed by atoms with Gasteiger partial charge in [0.1, 0.15) is 0 Å². The smallest absolute Gasteiger partial charge is 0.161 e. The monoisotopic (exact) mass is 293 g/mol. The summed E-state index contributed by atoms with van der Waals surface area (Å²) < 4.78 is 22.6. The lowest BCUT2D eigenvalue weighted by Crippen LogP contribution is -2.47. The maximum absolute atomic E-state index is 6.51. The average molecular weight is 293 g/mol. The van der Waals surface area contributed by atoms with E-state index in [1.54, 1.807) is 7.11 Å². The van der Waals surface area contributed by atoms with Crippen LogP contribution in [0.1, 0.15) is 30.9 Å². The van der Waals surface area contributed by atoms with E-state index in [1.165, 1.54) is 0 Å². The Kier molecular flexibility index (Phi) is 4.33. The first-order valence-corrected chi connectivity index (χ1v) is 7.53. The molecule has 2 aliphatic heterocycles. The highest BCUT2D eigenvalue weighted by Crippen LogP contribution is 2.39. The first kappa shape index (κ1) is 14.6. The highest BCUT2D eigenvalue weighted by atomic mass is 16.5. The molecule has 0 spiro atoms. The minimum Gasteiger partial charge on any atom is -0.490 e. The molecule has 1 atom stereocenters. The molecule has 1 aromatic rings. The van der Waals surface area contributed by atoms with Gasteiger partial charge in [-0.15, -0.1) is 0 Å². The van der Waals surface area contributed by atoms with Crippen molar-refractivity contribution in [3.63, 3.8) is 0 Å². The van der Waals surface area contributed by atoms with Crippen molar-refractivity contribution >= 4 is 0 Å². The van der Waals surface area contributed by atoms with E-state index >= 15 is 0 Å². The molecule has 1 aromatic carbocycles. The van der Waals surface area contributed by atoms with Crippen molar-refractivity contribution in [2.75, 3.05) is 33.5 Å². The van der Waals surface area contributed by atoms with E-state index in [0.29, 0.717) is 26.4 Å². The van der Waals surface area contributed by atoms with Gasteiger partial charge in [0.2, 0.25) is 0 Å². The Labute approximate surface area is 125 Å². The summed E-state index contributed by atoms with van der Waals surface area (Å²) in [5, 5.41) is 0. The maximum Gasteiger partial charge on any atom is 0.161 e. The fraction of sp³-hybridized carbons (Fsp3) is 0.625. The highest BCUT2D eigenvalue weighted by Gasteiger charge is 2.39. The predicted octanol–water partition coefficient (Wildman–Crippen LogP) is 2.04. The molecular weight excluding hydrogens is 270 g/mol. The van der Waals surface area contributed by atoms with E-state index in [0.717, 1.165) is 36.3 Å². The standard InChI is InChI=1S/C16H23NO4/c1-18-16(5-9-19-10-6-16)15(17)12-3-4-13-14(11-12)21-8-2-7-20-13/h3-4,11,15H,2,5-10,17H2,1H3. The van der Waals surface area contributed by atoms with E-state index in [9.17, 15) is 0 Å². The number of fused-ring (bicyclic) bond motifs is 1. The van der Waals surface area contributed by atoms with Gasteiger partial charge in [0.25, 0.3) is 0 Å². The SMILES string of the molecule is COC1(C(N)c2ccc3c(c2)OCCCO3)CCOCC1. The topological polar surface area (TPSA) is 62.9 Å². The number of nitrogens with two attached hydrogens (primary N) is 1. The van der Waals surface area contributed by atoms with E-state index in [2.05, 4.69) is 0 Å². The molecule has 1 saturated heterocycles. The van der Waals surface area contributed by atoms with Crippen LogP contribution in [0, 0.1) is 0 Å². The van der Waals surface area contributed by atoms with Crippen molar-refractivity contribution in [3.8, 4) is 11.5 Å². The quantitative estimate of drug-likeness (QED) is 0.924. The average Bonchev–Trinajstić information content (AvgIpc) is 2.79. The Bertz CT molecular complexity index is 485. The molecule has 0 amide bonds. The van der Waals surface area contributed by atoms with Crippen molar-refractivity contribution in [2.45, 2.75) is 30.9 Å². The van der Waals surface area contributed by atoms with Crippen molar-refractivity contribution in [1.82, 2.24) is 0 Å². The Balaban J connectivity index is 1.86. The van der Waals surface area contributed by atoms with E-state index in [4.69, 9.17) is 24.7 Å². The lowest BCUT2D eigenvalue weighted by Gasteiger charge is -2.40. The molecule has 0 bridgehead atoms. The van der Waals surface area contributed by atoms with Crippen LogP contribution in [0.25, 0.3) is 0 Å². The van der Waals surface area contributed by atoms with Crippen LogP contribution in [0.5, 0.6) is 11.5 Å². The molecule has 2 heterocycles. The maximum atomic E-state index is 6.51. The van der Waals surface area contributed by atoms with Gasteiger partial charge in [0.15, 0.2) is 11.5 Å². The molecule has 0 saturated carbocycles. The van der Waals surface area contributed by atoms with Gasteiger partial charge in [-0.3, -0.25) is 0 Å². The zero-order valence-corrected chi connectivity index (χ0v) is 12.5. The number of ether oxygens (including phenoxy) is 4. The zero-order chi connectivity index (χ0) is 14.7. The van der Waals surface area contributed by atoms with Crippen molar-refractivity contribution in [2.24, 2.45) is 5.73 Å². The molecule has 116 valence electrons. The molecule has 1 fully saturated rings. The number of hydrogen-bond acceptors (Lipinski definition) is 5. The normalized spacial score (nSPS) is 22.4. The van der Waals surface area contributed by atoms with Crippen LogP contribution < -0.4 is 15.2 Å². The molecule has 5 heteroatoms. The Hall–Kier alpha value is -1.30. The fourth-order valence-corrected chi connectivity index (χ4v) is 3.04. The summed E-state index contributed by atoms with van der Waals surface area (Å²) >= 11 is 0. The van der Waals surface area contributed by atoms with Crippen molar-refractivity contribution in [1.29, 1.82) is 0 Å². The zero-order valence-electron chi connectivity index (χ0n) is 12.5. The van der Waals surface area contributed by atoms with Crippen LogP contribution in [-0.2, 0) is 9.47 Å². The molecule has 21 heavy (non-hydrogen) atoms. The molecule has 3 rings (SSSR count). The number of benzene rings is 1. The Morgan fingerprint density at radius 1 is 1.10 bits per heavy atom. The van der Waals surface area contributed by atoms with E-state index in [-0.39, 0.29) is 11.6 Å². The van der Waals surface area contributed by atoms with E-state index in [1.807, 2.05) is 18.2 Å². The Morgan fingerprint density at radius 3 is 2.52 bits per heavy atom. The Morgan fingerprint density at radius 2 is 1.81 bits per heavy atom. The summed E-state index contributed by atoms with van der Waals surface area (Å²) in [7, 11) is 1.73. The first-order valence-electron chi connectivity index (χ1n) is 7.53. The van der Waals surface area contributed by atoms with Gasteiger partial charge >= 0.3 is 0 Å². The summed E-state index contributed by atoms with van der Waals surface area (Å²) in [6, 6.07) is 5.73. The highest BCUT2D eigenvalue weighted by molar-refractivity contribution is 5.44. The van der Waals surface area contributed by atoms with E-state index < -0.39 is 0 Å². The van der Waals surface area contributed by atoms with Crippen LogP contribution in [0.2, 0.25) is 0 Å². The van der Waals surface area contributed by atoms with Gasteiger partial charge in [-0.05, 0) is 17.7 Å². The molecule has 2 N–H and O–H groups in total. The van der Waals surface area contributed by atoms with Gasteiger partial charge in [0, 0.05) is 39.6 Å². The number of hydrogen-bond donors (Lipinski definition) is 1. The lowest BCUT2D eigenvalue weighted by atomic mass is 9.82. The van der Waals surface area contributed by atoms with Crippen LogP contribution in [0.3, 0.4) is 0 Å². The van der Waals surface area contributed by atoms with Crippen molar-refractivity contribution in [3.05, 3.63) is 23.8 Å². The van der Waals surface area contributed by atoms with Gasteiger partial charge in [-0.25, -0.2) is 0 Å². The number of rotatable bonds is 3. The molecule has 0 aliphatic carbocycles. The third kappa shape index (κ3) is 2.86. The second kappa shape index (κ2) is 6.22. The predicted molar refractivity (Wildman–Crippen MR) is 78.8 cm³/mol. The third-order valence-electron chi connectivity index (χ3n) is 4.44. The molecule has 2 aliphatic rings. The minimum absolute atomic E-state index is 0.205. The summed E-state index contributed by atoms with van der Waals surface area (Å²) in [5.74, 6) is 1.57. The van der Waals surface area contributed by atoms with Gasteiger partial charge < -0.3 is 24.7 Å². The first-order chi connectivity index (χ1) is 10.2. The molecule has 0 radical (unpaired) electrons. The number of methoxy groups -OCH3 is 1. The van der Waals surface area contributed by atoms with Gasteiger partial charge in [-0.2, -0.15) is 0 Å². The van der Waals surface area contributed by atoms with Crippen molar-refractivity contribution < 1.29 is 18.9 Å². The largest absolute Gasteiger partial charge is 0.490 e. The molecule has 5 nitrogen and oxygen atoms in total. The second-order valence-corrected chi connectivity index (χ2v) is 5.62. The van der Waals surface area contributed by atoms with Gasteiger partial charge in [-0.1, -0.05) is 6.07 Å².